The van der Waals surface area contributed by atoms with Gasteiger partial charge in [0.1, 0.15) is 11.6 Å². The molecule has 0 spiro atoms. The van der Waals surface area contributed by atoms with Crippen LogP contribution < -0.4 is 5.73 Å². The first-order chi connectivity index (χ1) is 7.90. The summed E-state index contributed by atoms with van der Waals surface area (Å²) in [6.07, 6.45) is 0.980. The summed E-state index contributed by atoms with van der Waals surface area (Å²) in [6.45, 7) is 5.69. The van der Waals surface area contributed by atoms with E-state index in [0.717, 1.165) is 5.56 Å². The topological polar surface area (TPSA) is 43.1 Å². The van der Waals surface area contributed by atoms with Crippen LogP contribution in [0.15, 0.2) is 18.2 Å². The molecule has 1 aromatic rings. The molecule has 1 unspecified atom stereocenters. The maximum absolute atomic E-state index is 13.1. The molecule has 2 nitrogen and oxygen atoms in total. The van der Waals surface area contributed by atoms with Crippen molar-refractivity contribution in [3.63, 3.8) is 0 Å². The molecule has 3 heteroatoms. The van der Waals surface area contributed by atoms with Crippen LogP contribution in [0.2, 0.25) is 0 Å². The summed E-state index contributed by atoms with van der Waals surface area (Å²) in [6, 6.07) is 4.37. The zero-order chi connectivity index (χ0) is 13.0. The Morgan fingerprint density at radius 3 is 2.59 bits per heavy atom. The number of benzene rings is 1. The van der Waals surface area contributed by atoms with Crippen LogP contribution >= 0.6 is 0 Å². The Morgan fingerprint density at radius 1 is 1.41 bits per heavy atom. The fourth-order valence-electron chi connectivity index (χ4n) is 1.76. The van der Waals surface area contributed by atoms with Gasteiger partial charge in [-0.15, -0.1) is 0 Å². The molecule has 0 bridgehead atoms. The van der Waals surface area contributed by atoms with Crippen LogP contribution in [0.4, 0.5) is 4.39 Å². The van der Waals surface area contributed by atoms with Crippen LogP contribution in [0.5, 0.6) is 0 Å². The second-order valence-electron chi connectivity index (χ2n) is 4.96. The summed E-state index contributed by atoms with van der Waals surface area (Å²) in [4.78, 5) is 11.7. The number of aryl methyl sites for hydroxylation is 1. The monoisotopic (exact) mass is 237 g/mol. The smallest absolute Gasteiger partial charge is 0.150 e. The summed E-state index contributed by atoms with van der Waals surface area (Å²) in [5, 5.41) is 0. The first-order valence-electron chi connectivity index (χ1n) is 5.93. The van der Waals surface area contributed by atoms with Gasteiger partial charge in [0.05, 0.1) is 6.04 Å². The number of Topliss-reactive ketones (excluding diaryl/α,β-unsaturated/α-hetero) is 1. The Bertz CT molecular complexity index is 401. The number of nitrogens with two attached hydrogens (primary N) is 1. The van der Waals surface area contributed by atoms with Crippen molar-refractivity contribution < 1.29 is 9.18 Å². The molecule has 0 heterocycles. The number of halogens is 1. The molecule has 0 radical (unpaired) electrons. The number of carbonyl (C=O) groups excluding carboxylic acids is 1. The van der Waals surface area contributed by atoms with E-state index in [1.54, 1.807) is 19.1 Å². The van der Waals surface area contributed by atoms with Crippen molar-refractivity contribution in [1.82, 2.24) is 0 Å². The molecule has 0 aliphatic heterocycles. The fraction of sp³-hybridized carbons (Fsp3) is 0.500. The van der Waals surface area contributed by atoms with Gasteiger partial charge in [-0.05, 0) is 36.5 Å². The molecule has 1 atom stereocenters. The number of rotatable bonds is 5. The van der Waals surface area contributed by atoms with E-state index >= 15 is 0 Å². The van der Waals surface area contributed by atoms with Gasteiger partial charge < -0.3 is 5.73 Å². The van der Waals surface area contributed by atoms with Gasteiger partial charge in [-0.1, -0.05) is 26.0 Å². The van der Waals surface area contributed by atoms with E-state index < -0.39 is 6.04 Å². The highest BCUT2D eigenvalue weighted by atomic mass is 19.1. The lowest BCUT2D eigenvalue weighted by Gasteiger charge is -2.12. The van der Waals surface area contributed by atoms with Crippen LogP contribution in [-0.4, -0.2) is 11.8 Å². The summed E-state index contributed by atoms with van der Waals surface area (Å²) < 4.78 is 13.1. The van der Waals surface area contributed by atoms with Gasteiger partial charge in [-0.25, -0.2) is 4.39 Å². The highest BCUT2D eigenvalue weighted by Crippen LogP contribution is 2.12. The second kappa shape index (κ2) is 5.92. The van der Waals surface area contributed by atoms with E-state index in [9.17, 15) is 9.18 Å². The Balaban J connectivity index is 2.64. The molecular weight excluding hydrogens is 217 g/mol. The minimum absolute atomic E-state index is 0.0713. The van der Waals surface area contributed by atoms with Crippen molar-refractivity contribution in [3.8, 4) is 0 Å². The molecule has 0 aliphatic rings. The molecule has 0 aromatic heterocycles. The fourth-order valence-corrected chi connectivity index (χ4v) is 1.76. The van der Waals surface area contributed by atoms with E-state index in [-0.39, 0.29) is 11.6 Å². The van der Waals surface area contributed by atoms with Crippen molar-refractivity contribution >= 4 is 5.78 Å². The Labute approximate surface area is 102 Å². The molecule has 2 N–H and O–H groups in total. The maximum atomic E-state index is 13.1. The highest BCUT2D eigenvalue weighted by molar-refractivity contribution is 5.84. The normalized spacial score (nSPS) is 12.8. The van der Waals surface area contributed by atoms with Crippen LogP contribution in [-0.2, 0) is 11.2 Å². The molecule has 1 rings (SSSR count). The van der Waals surface area contributed by atoms with E-state index in [1.807, 2.05) is 13.8 Å². The van der Waals surface area contributed by atoms with Crippen LogP contribution in [0.25, 0.3) is 0 Å². The molecule has 17 heavy (non-hydrogen) atoms. The molecular formula is C14H20FNO. The van der Waals surface area contributed by atoms with Gasteiger partial charge in [-0.2, -0.15) is 0 Å². The quantitative estimate of drug-likeness (QED) is 0.855. The van der Waals surface area contributed by atoms with E-state index in [2.05, 4.69) is 0 Å². The third-order valence-corrected chi connectivity index (χ3v) is 2.70. The lowest BCUT2D eigenvalue weighted by Crippen LogP contribution is -2.33. The molecule has 0 saturated carbocycles. The van der Waals surface area contributed by atoms with Crippen molar-refractivity contribution in [1.29, 1.82) is 0 Å². The summed E-state index contributed by atoms with van der Waals surface area (Å²) in [5.74, 6) is 0.168. The van der Waals surface area contributed by atoms with Crippen molar-refractivity contribution in [2.75, 3.05) is 0 Å². The van der Waals surface area contributed by atoms with Gasteiger partial charge in [0.15, 0.2) is 0 Å². The van der Waals surface area contributed by atoms with E-state index in [1.165, 1.54) is 6.07 Å². The van der Waals surface area contributed by atoms with Crippen molar-refractivity contribution in [3.05, 3.63) is 35.1 Å². The minimum Gasteiger partial charge on any atom is -0.321 e. The Kier molecular flexibility index (Phi) is 4.82. The lowest BCUT2D eigenvalue weighted by atomic mass is 9.96. The number of carbonyl (C=O) groups is 1. The van der Waals surface area contributed by atoms with E-state index in [4.69, 9.17) is 5.73 Å². The van der Waals surface area contributed by atoms with Crippen LogP contribution in [0.3, 0.4) is 0 Å². The van der Waals surface area contributed by atoms with Crippen LogP contribution in [0, 0.1) is 18.7 Å². The number of hydrogen-bond donors (Lipinski definition) is 1. The molecule has 0 amide bonds. The zero-order valence-corrected chi connectivity index (χ0v) is 10.7. The number of ketones is 1. The molecule has 94 valence electrons. The predicted octanol–water partition coefficient (Wildman–Crippen LogP) is 2.62. The van der Waals surface area contributed by atoms with Gasteiger partial charge in [0.2, 0.25) is 0 Å². The van der Waals surface area contributed by atoms with Gasteiger partial charge in [0.25, 0.3) is 0 Å². The minimum atomic E-state index is -0.484. The van der Waals surface area contributed by atoms with Crippen molar-refractivity contribution in [2.45, 2.75) is 39.7 Å². The van der Waals surface area contributed by atoms with Crippen molar-refractivity contribution in [2.24, 2.45) is 11.7 Å². The first-order valence-corrected chi connectivity index (χ1v) is 5.93. The third-order valence-electron chi connectivity index (χ3n) is 2.70. The Hall–Kier alpha value is -1.22. The van der Waals surface area contributed by atoms with Gasteiger partial charge in [-0.3, -0.25) is 4.79 Å². The summed E-state index contributed by atoms with van der Waals surface area (Å²) >= 11 is 0. The standard InChI is InChI=1S/C14H20FNO/c1-9(2)6-14(17)13(16)8-11-4-5-12(15)10(3)7-11/h4-5,7,9,13H,6,8,16H2,1-3H3. The van der Waals surface area contributed by atoms with E-state index in [0.29, 0.717) is 24.3 Å². The average molecular weight is 237 g/mol. The molecule has 0 fully saturated rings. The zero-order valence-electron chi connectivity index (χ0n) is 10.7. The van der Waals surface area contributed by atoms with Gasteiger partial charge in [0, 0.05) is 6.42 Å². The predicted molar refractivity (Wildman–Crippen MR) is 67.3 cm³/mol. The van der Waals surface area contributed by atoms with Crippen LogP contribution in [0.1, 0.15) is 31.4 Å². The SMILES string of the molecule is Cc1cc(CC(N)C(=O)CC(C)C)ccc1F. The third kappa shape index (κ3) is 4.27. The number of hydrogen-bond acceptors (Lipinski definition) is 2. The summed E-state index contributed by atoms with van der Waals surface area (Å²) in [7, 11) is 0. The molecule has 1 aromatic carbocycles. The second-order valence-corrected chi connectivity index (χ2v) is 4.96. The average Bonchev–Trinajstić information content (AvgIpc) is 2.22. The molecule has 0 saturated heterocycles. The lowest BCUT2D eigenvalue weighted by molar-refractivity contribution is -0.120. The first kappa shape index (κ1) is 13.8. The van der Waals surface area contributed by atoms with Gasteiger partial charge >= 0.3 is 0 Å². The maximum Gasteiger partial charge on any atom is 0.150 e. The summed E-state index contributed by atoms with van der Waals surface area (Å²) in [5.41, 5.74) is 7.34. The highest BCUT2D eigenvalue weighted by Gasteiger charge is 2.15. The molecule has 0 aliphatic carbocycles. The largest absolute Gasteiger partial charge is 0.321 e. The Morgan fingerprint density at radius 2 is 2.06 bits per heavy atom.